The number of methoxy groups -OCH3 is 3. The number of fused-ring (bicyclic) bond motifs is 1. The zero-order valence-corrected chi connectivity index (χ0v) is 26.0. The van der Waals surface area contributed by atoms with Gasteiger partial charge in [0.1, 0.15) is 6.10 Å². The highest BCUT2D eigenvalue weighted by atomic mass is 19.4. The van der Waals surface area contributed by atoms with Crippen LogP contribution in [-0.2, 0) is 28.1 Å². The number of aromatic nitrogens is 1. The van der Waals surface area contributed by atoms with Gasteiger partial charge in [0, 0.05) is 61.9 Å². The van der Waals surface area contributed by atoms with Crippen molar-refractivity contribution < 1.29 is 46.9 Å². The number of aryl methyl sites for hydroxylation is 1. The molecule has 2 heterocycles. The van der Waals surface area contributed by atoms with Gasteiger partial charge in [-0.1, -0.05) is 30.3 Å². The topological polar surface area (TPSA) is 126 Å². The molecule has 0 amide bonds. The molecule has 1 aliphatic rings. The summed E-state index contributed by atoms with van der Waals surface area (Å²) in [4.78, 5) is 23.9. The summed E-state index contributed by atoms with van der Waals surface area (Å²) in [6.07, 6.45) is -3.90. The number of carbonyl (C=O) groups is 1. The van der Waals surface area contributed by atoms with Crippen LogP contribution in [0.15, 0.2) is 66.9 Å². The van der Waals surface area contributed by atoms with E-state index in [1.807, 2.05) is 0 Å². The third kappa shape index (κ3) is 6.98. The van der Waals surface area contributed by atoms with E-state index in [-0.39, 0.29) is 54.4 Å². The van der Waals surface area contributed by atoms with Crippen molar-refractivity contribution in [3.05, 3.63) is 93.7 Å². The lowest BCUT2D eigenvalue weighted by Crippen LogP contribution is -2.60. The first-order chi connectivity index (χ1) is 22.4. The summed E-state index contributed by atoms with van der Waals surface area (Å²) in [6, 6.07) is 15.9. The van der Waals surface area contributed by atoms with Gasteiger partial charge in [-0.25, -0.2) is 0 Å². The van der Waals surface area contributed by atoms with Gasteiger partial charge >= 0.3 is 12.1 Å². The average molecular weight is 658 g/mol. The van der Waals surface area contributed by atoms with Gasteiger partial charge in [-0.2, -0.15) is 13.2 Å². The number of alkyl halides is 3. The highest BCUT2D eigenvalue weighted by molar-refractivity contribution is 5.87. The Morgan fingerprint density at radius 3 is 2.23 bits per heavy atom. The lowest BCUT2D eigenvalue weighted by Gasteiger charge is -2.44. The zero-order chi connectivity index (χ0) is 33.9. The molecule has 1 aliphatic heterocycles. The summed E-state index contributed by atoms with van der Waals surface area (Å²) in [5.41, 5.74) is -2.29. The van der Waals surface area contributed by atoms with Crippen LogP contribution in [0.5, 0.6) is 17.2 Å². The Morgan fingerprint density at radius 1 is 1.00 bits per heavy atom. The number of rotatable bonds is 13. The standard InChI is InChI=1S/C33H34F3N3O8/c1-44-28-13-22(9-12-30(40)46-3)14-29(45-2)31(28)47-24-17-37(18-24)20-32(41,33(34,35)36)26-19-38(16-21-7-5-4-6-8-21)27-15-23(39(42)43)10-11-25(26)27/h4-8,10-11,13-15,19,24,41H,9,12,16-18,20H2,1-3H3. The molecule has 1 fully saturated rings. The SMILES string of the molecule is COC(=O)CCc1cc(OC)c(OC2CN(CC(O)(c3cn(Cc4ccccc4)c4cc([N+](=O)[O-])ccc34)C(F)(F)F)C2)c(OC)c1. The predicted octanol–water partition coefficient (Wildman–Crippen LogP) is 5.23. The number of hydrogen-bond acceptors (Lipinski definition) is 9. The van der Waals surface area contributed by atoms with Crippen molar-refractivity contribution in [2.24, 2.45) is 0 Å². The van der Waals surface area contributed by atoms with Gasteiger partial charge in [0.15, 0.2) is 11.5 Å². The summed E-state index contributed by atoms with van der Waals surface area (Å²) in [7, 11) is 4.17. The number of nitrogens with zero attached hydrogens (tertiary/aromatic N) is 3. The highest BCUT2D eigenvalue weighted by Gasteiger charge is 2.58. The first kappa shape index (κ1) is 33.5. The first-order valence-electron chi connectivity index (χ1n) is 14.7. The van der Waals surface area contributed by atoms with Gasteiger partial charge in [-0.15, -0.1) is 0 Å². The first-order valence-corrected chi connectivity index (χ1v) is 14.7. The summed E-state index contributed by atoms with van der Waals surface area (Å²) < 4.78 is 67.7. The van der Waals surface area contributed by atoms with E-state index in [1.165, 1.54) is 49.1 Å². The van der Waals surface area contributed by atoms with Crippen LogP contribution in [-0.4, -0.2) is 78.7 Å². The summed E-state index contributed by atoms with van der Waals surface area (Å²) in [5, 5.41) is 23.0. The minimum absolute atomic E-state index is 0.0569. The fourth-order valence-electron chi connectivity index (χ4n) is 5.72. The molecular weight excluding hydrogens is 623 g/mol. The smallest absolute Gasteiger partial charge is 0.422 e. The Bertz CT molecular complexity index is 1730. The van der Waals surface area contributed by atoms with E-state index in [9.17, 15) is 33.2 Å². The van der Waals surface area contributed by atoms with Crippen LogP contribution in [0.2, 0.25) is 0 Å². The van der Waals surface area contributed by atoms with Crippen molar-refractivity contribution in [2.45, 2.75) is 37.3 Å². The van der Waals surface area contributed by atoms with E-state index in [0.29, 0.717) is 17.9 Å². The molecule has 47 heavy (non-hydrogen) atoms. The second kappa shape index (κ2) is 13.5. The number of aliphatic hydroxyl groups is 1. The number of likely N-dealkylation sites (tertiary alicyclic amines) is 1. The summed E-state index contributed by atoms with van der Waals surface area (Å²) in [6.45, 7) is -0.540. The maximum absolute atomic E-state index is 14.8. The zero-order valence-electron chi connectivity index (χ0n) is 26.0. The fourth-order valence-corrected chi connectivity index (χ4v) is 5.72. The van der Waals surface area contributed by atoms with Crippen LogP contribution in [0.4, 0.5) is 18.9 Å². The average Bonchev–Trinajstić information content (AvgIpc) is 3.40. The van der Waals surface area contributed by atoms with E-state index < -0.39 is 34.9 Å². The third-order valence-electron chi connectivity index (χ3n) is 8.21. The minimum atomic E-state index is -5.08. The molecule has 11 nitrogen and oxygen atoms in total. The molecular formula is C33H34F3N3O8. The van der Waals surface area contributed by atoms with Crippen LogP contribution in [0.3, 0.4) is 0 Å². The van der Waals surface area contributed by atoms with E-state index in [2.05, 4.69) is 0 Å². The molecule has 0 bridgehead atoms. The van der Waals surface area contributed by atoms with Crippen LogP contribution < -0.4 is 14.2 Å². The lowest BCUT2D eigenvalue weighted by molar-refractivity contribution is -0.384. The molecule has 5 rings (SSSR count). The molecule has 4 aromatic rings. The van der Waals surface area contributed by atoms with Gasteiger partial charge in [0.2, 0.25) is 11.4 Å². The van der Waals surface area contributed by atoms with Crippen molar-refractivity contribution in [3.63, 3.8) is 0 Å². The number of ether oxygens (including phenoxy) is 4. The molecule has 1 N–H and O–H groups in total. The Hall–Kier alpha value is -4.82. The van der Waals surface area contributed by atoms with Crippen LogP contribution in [0.1, 0.15) is 23.1 Å². The van der Waals surface area contributed by atoms with Crippen LogP contribution in [0.25, 0.3) is 10.9 Å². The molecule has 1 unspecified atom stereocenters. The highest BCUT2D eigenvalue weighted by Crippen LogP contribution is 2.45. The molecule has 0 radical (unpaired) electrons. The summed E-state index contributed by atoms with van der Waals surface area (Å²) in [5.74, 6) is 0.543. The largest absolute Gasteiger partial charge is 0.493 e. The molecule has 0 aliphatic carbocycles. The Labute approximate surface area is 268 Å². The monoisotopic (exact) mass is 657 g/mol. The number of benzene rings is 3. The van der Waals surface area contributed by atoms with Crippen molar-refractivity contribution in [1.82, 2.24) is 9.47 Å². The normalized spacial score (nSPS) is 15.1. The lowest BCUT2D eigenvalue weighted by atomic mass is 9.90. The van der Waals surface area contributed by atoms with Gasteiger partial charge in [-0.05, 0) is 35.7 Å². The minimum Gasteiger partial charge on any atom is -0.493 e. The van der Waals surface area contributed by atoms with E-state index >= 15 is 0 Å². The van der Waals surface area contributed by atoms with Crippen LogP contribution >= 0.6 is 0 Å². The number of nitro groups is 1. The van der Waals surface area contributed by atoms with E-state index in [4.69, 9.17) is 18.9 Å². The number of carbonyl (C=O) groups excluding carboxylic acids is 1. The number of β-amino-alcohol motifs (C(OH)–C–C–N with tert-alkyl or cyclic N) is 1. The number of halogens is 3. The summed E-state index contributed by atoms with van der Waals surface area (Å²) >= 11 is 0. The maximum atomic E-state index is 14.8. The van der Waals surface area contributed by atoms with E-state index in [0.717, 1.165) is 17.2 Å². The van der Waals surface area contributed by atoms with Gasteiger partial charge in [-0.3, -0.25) is 19.8 Å². The quantitative estimate of drug-likeness (QED) is 0.117. The van der Waals surface area contributed by atoms with Crippen molar-refractivity contribution in [2.75, 3.05) is 41.0 Å². The second-order valence-electron chi connectivity index (χ2n) is 11.3. The number of non-ortho nitro benzene ring substituents is 1. The molecule has 3 aromatic carbocycles. The maximum Gasteiger partial charge on any atom is 0.422 e. The molecule has 1 aromatic heterocycles. The Morgan fingerprint density at radius 2 is 1.66 bits per heavy atom. The predicted molar refractivity (Wildman–Crippen MR) is 165 cm³/mol. The molecule has 1 atom stereocenters. The molecule has 14 heteroatoms. The second-order valence-corrected chi connectivity index (χ2v) is 11.3. The fraction of sp³-hybridized carbons (Fsp3) is 0.364. The molecule has 1 saturated heterocycles. The number of hydrogen-bond donors (Lipinski definition) is 1. The molecule has 250 valence electrons. The van der Waals surface area contributed by atoms with Crippen molar-refractivity contribution in [1.29, 1.82) is 0 Å². The Balaban J connectivity index is 1.39. The van der Waals surface area contributed by atoms with Gasteiger partial charge in [0.05, 0.1) is 31.8 Å². The Kier molecular flexibility index (Phi) is 9.63. The van der Waals surface area contributed by atoms with Gasteiger partial charge in [0.25, 0.3) is 5.69 Å². The number of nitro benzene ring substituents is 1. The van der Waals surface area contributed by atoms with Gasteiger partial charge < -0.3 is 28.6 Å². The molecule has 0 saturated carbocycles. The van der Waals surface area contributed by atoms with Crippen LogP contribution in [0, 0.1) is 10.1 Å². The number of esters is 1. The van der Waals surface area contributed by atoms with E-state index in [1.54, 1.807) is 42.5 Å². The third-order valence-corrected chi connectivity index (χ3v) is 8.21. The van der Waals surface area contributed by atoms with Crippen molar-refractivity contribution in [3.8, 4) is 17.2 Å². The van der Waals surface area contributed by atoms with Crippen molar-refractivity contribution >= 4 is 22.6 Å². The molecule has 0 spiro atoms.